The first kappa shape index (κ1) is 21.0. The molecule has 33 heavy (non-hydrogen) atoms. The van der Waals surface area contributed by atoms with Crippen LogP contribution in [0.25, 0.3) is 0 Å². The Morgan fingerprint density at radius 1 is 1.09 bits per heavy atom. The van der Waals surface area contributed by atoms with Crippen molar-refractivity contribution in [1.82, 2.24) is 5.01 Å². The molecule has 10 heteroatoms. The van der Waals surface area contributed by atoms with Crippen molar-refractivity contribution in [2.24, 2.45) is 5.10 Å². The second kappa shape index (κ2) is 7.89. The van der Waals surface area contributed by atoms with Crippen LogP contribution in [0.15, 0.2) is 77.9 Å². The van der Waals surface area contributed by atoms with Crippen LogP contribution in [-0.2, 0) is 10.0 Å². The van der Waals surface area contributed by atoms with Gasteiger partial charge in [-0.3, -0.25) is 14.8 Å². The van der Waals surface area contributed by atoms with Gasteiger partial charge in [0.25, 0.3) is 5.69 Å². The summed E-state index contributed by atoms with van der Waals surface area (Å²) in [5.74, 6) is 0.708. The first-order chi connectivity index (χ1) is 15.8. The highest BCUT2D eigenvalue weighted by Gasteiger charge is 2.41. The third-order valence-corrected chi connectivity index (χ3v) is 6.17. The zero-order valence-electron chi connectivity index (χ0n) is 17.6. The van der Waals surface area contributed by atoms with Gasteiger partial charge in [0.05, 0.1) is 22.9 Å². The highest BCUT2D eigenvalue weighted by molar-refractivity contribution is 7.92. The first-order valence-electron chi connectivity index (χ1n) is 10.2. The molecule has 2 heterocycles. The summed E-state index contributed by atoms with van der Waals surface area (Å²) in [6.07, 6.45) is 1.04. The Morgan fingerprint density at radius 3 is 2.67 bits per heavy atom. The molecule has 9 nitrogen and oxygen atoms in total. The molecule has 0 amide bonds. The van der Waals surface area contributed by atoms with E-state index < -0.39 is 21.2 Å². The van der Waals surface area contributed by atoms with E-state index >= 15 is 0 Å². The minimum absolute atomic E-state index is 0.0190. The summed E-state index contributed by atoms with van der Waals surface area (Å²) in [4.78, 5) is 10.9. The number of hydrogen-bond acceptors (Lipinski definition) is 7. The molecule has 1 N–H and O–H groups in total. The highest BCUT2D eigenvalue weighted by atomic mass is 32.2. The number of ether oxygens (including phenoxy) is 1. The molecule has 0 radical (unpaired) electrons. The number of nitro benzene ring substituents is 1. The fraction of sp³-hybridized carbons (Fsp3) is 0.174. The standard InChI is InChI=1S/C23H20N4O5S/c1-33(30,31)25-17-8-4-6-15(12-17)20-14-21-19-10-2-3-11-22(19)32-23(26(21)24-20)16-7-5-9-18(13-16)27(28)29/h2-13,21,23,25H,14H2,1H3/t21-,23+/m1/s1. The lowest BCUT2D eigenvalue weighted by Gasteiger charge is -2.38. The molecule has 0 fully saturated rings. The van der Waals surface area contributed by atoms with Crippen LogP contribution < -0.4 is 9.46 Å². The molecular weight excluding hydrogens is 444 g/mol. The van der Waals surface area contributed by atoms with E-state index in [1.54, 1.807) is 30.3 Å². The summed E-state index contributed by atoms with van der Waals surface area (Å²) in [7, 11) is -3.41. The monoisotopic (exact) mass is 464 g/mol. The molecule has 2 aliphatic rings. The van der Waals surface area contributed by atoms with Crippen LogP contribution in [-0.4, -0.2) is 30.3 Å². The molecule has 3 aromatic rings. The topological polar surface area (TPSA) is 114 Å². The number of rotatable bonds is 5. The van der Waals surface area contributed by atoms with E-state index in [-0.39, 0.29) is 11.7 Å². The van der Waals surface area contributed by atoms with Crippen molar-refractivity contribution >= 4 is 27.1 Å². The molecule has 0 unspecified atom stereocenters. The molecule has 0 saturated heterocycles. The van der Waals surface area contributed by atoms with Crippen LogP contribution in [0.3, 0.4) is 0 Å². The molecule has 0 aromatic heterocycles. The highest BCUT2D eigenvalue weighted by Crippen LogP contribution is 2.47. The Labute approximate surface area is 190 Å². The maximum atomic E-state index is 11.6. The third-order valence-electron chi connectivity index (χ3n) is 5.56. The molecule has 5 rings (SSSR count). The van der Waals surface area contributed by atoms with Crippen LogP contribution in [0.5, 0.6) is 5.75 Å². The van der Waals surface area contributed by atoms with E-state index in [9.17, 15) is 18.5 Å². The molecule has 0 bridgehead atoms. The Hall–Kier alpha value is -3.92. The average Bonchev–Trinajstić information content (AvgIpc) is 3.23. The quantitative estimate of drug-likeness (QED) is 0.447. The van der Waals surface area contributed by atoms with Crippen LogP contribution in [0.2, 0.25) is 0 Å². The molecule has 0 aliphatic carbocycles. The number of anilines is 1. The van der Waals surface area contributed by atoms with E-state index in [2.05, 4.69) is 4.72 Å². The predicted octanol–water partition coefficient (Wildman–Crippen LogP) is 4.21. The van der Waals surface area contributed by atoms with Gasteiger partial charge < -0.3 is 4.74 Å². The zero-order chi connectivity index (χ0) is 23.2. The number of fused-ring (bicyclic) bond motifs is 3. The number of non-ortho nitro benzene ring substituents is 1. The van der Waals surface area contributed by atoms with Gasteiger partial charge >= 0.3 is 0 Å². The summed E-state index contributed by atoms with van der Waals surface area (Å²) < 4.78 is 32.0. The van der Waals surface area contributed by atoms with Gasteiger partial charge in [0.1, 0.15) is 5.75 Å². The van der Waals surface area contributed by atoms with Gasteiger partial charge in [-0.05, 0) is 23.8 Å². The summed E-state index contributed by atoms with van der Waals surface area (Å²) >= 11 is 0. The lowest BCUT2D eigenvalue weighted by molar-refractivity contribution is -0.385. The Kier molecular flexibility index (Phi) is 5.01. The van der Waals surface area contributed by atoms with E-state index in [0.29, 0.717) is 23.4 Å². The number of nitrogens with zero attached hydrogens (tertiary/aromatic N) is 3. The number of para-hydroxylation sites is 1. The Balaban J connectivity index is 1.56. The number of benzene rings is 3. The second-order valence-electron chi connectivity index (χ2n) is 7.96. The summed E-state index contributed by atoms with van der Waals surface area (Å²) in [5.41, 5.74) is 3.59. The van der Waals surface area contributed by atoms with Gasteiger partial charge in [0.2, 0.25) is 16.3 Å². The van der Waals surface area contributed by atoms with Crippen molar-refractivity contribution in [3.8, 4) is 5.75 Å². The van der Waals surface area contributed by atoms with Crippen molar-refractivity contribution in [1.29, 1.82) is 0 Å². The molecule has 2 atom stereocenters. The van der Waals surface area contributed by atoms with Crippen molar-refractivity contribution in [3.63, 3.8) is 0 Å². The molecular formula is C23H20N4O5S. The zero-order valence-corrected chi connectivity index (χ0v) is 18.4. The smallest absolute Gasteiger partial charge is 0.269 e. The normalized spacial score (nSPS) is 19.2. The first-order valence-corrected chi connectivity index (χ1v) is 12.1. The van der Waals surface area contributed by atoms with Gasteiger partial charge in [-0.1, -0.05) is 42.5 Å². The lowest BCUT2D eigenvalue weighted by Crippen LogP contribution is -2.33. The van der Waals surface area contributed by atoms with Crippen LogP contribution in [0.1, 0.15) is 35.4 Å². The molecule has 168 valence electrons. The number of hydrazone groups is 1. The van der Waals surface area contributed by atoms with E-state index in [4.69, 9.17) is 9.84 Å². The van der Waals surface area contributed by atoms with Gasteiger partial charge in [-0.25, -0.2) is 13.4 Å². The summed E-state index contributed by atoms with van der Waals surface area (Å²) in [6.45, 7) is 0. The summed E-state index contributed by atoms with van der Waals surface area (Å²) in [6, 6.07) is 21.0. The van der Waals surface area contributed by atoms with E-state index in [0.717, 1.165) is 23.1 Å². The fourth-order valence-corrected chi connectivity index (χ4v) is 4.75. The molecule has 3 aromatic carbocycles. The molecule has 0 spiro atoms. The maximum absolute atomic E-state index is 11.6. The van der Waals surface area contributed by atoms with Gasteiger partial charge in [-0.15, -0.1) is 0 Å². The van der Waals surface area contributed by atoms with Crippen molar-refractivity contribution in [2.45, 2.75) is 18.7 Å². The molecule has 2 aliphatic heterocycles. The summed E-state index contributed by atoms with van der Waals surface area (Å²) in [5, 5.41) is 18.0. The fourth-order valence-electron chi connectivity index (χ4n) is 4.20. The van der Waals surface area contributed by atoms with Crippen LogP contribution in [0.4, 0.5) is 11.4 Å². The Morgan fingerprint density at radius 2 is 1.88 bits per heavy atom. The minimum atomic E-state index is -3.41. The predicted molar refractivity (Wildman–Crippen MR) is 124 cm³/mol. The van der Waals surface area contributed by atoms with Gasteiger partial charge in [0, 0.05) is 35.4 Å². The lowest BCUT2D eigenvalue weighted by atomic mass is 9.96. The van der Waals surface area contributed by atoms with E-state index in [1.165, 1.54) is 12.1 Å². The number of nitrogens with one attached hydrogen (secondary N) is 1. The van der Waals surface area contributed by atoms with Crippen LogP contribution >= 0.6 is 0 Å². The van der Waals surface area contributed by atoms with Crippen molar-refractivity contribution in [2.75, 3.05) is 11.0 Å². The van der Waals surface area contributed by atoms with Crippen LogP contribution in [0, 0.1) is 10.1 Å². The molecule has 0 saturated carbocycles. The van der Waals surface area contributed by atoms with Gasteiger partial charge in [-0.2, -0.15) is 5.10 Å². The second-order valence-corrected chi connectivity index (χ2v) is 9.71. The largest absolute Gasteiger partial charge is 0.464 e. The van der Waals surface area contributed by atoms with Crippen molar-refractivity contribution < 1.29 is 18.1 Å². The third kappa shape index (κ3) is 4.12. The Bertz CT molecular complexity index is 1390. The SMILES string of the molecule is CS(=O)(=O)Nc1cccc(C2=NN3[C@H](C2)c2ccccc2O[C@H]3c2cccc([N+](=O)[O-])c2)c1. The van der Waals surface area contributed by atoms with Crippen molar-refractivity contribution in [3.05, 3.63) is 99.6 Å². The number of nitro groups is 1. The maximum Gasteiger partial charge on any atom is 0.269 e. The van der Waals surface area contributed by atoms with E-state index in [1.807, 2.05) is 35.3 Å². The number of hydrogen-bond donors (Lipinski definition) is 1. The number of sulfonamides is 1. The average molecular weight is 465 g/mol. The van der Waals surface area contributed by atoms with Gasteiger partial charge in [0.15, 0.2) is 0 Å². The minimum Gasteiger partial charge on any atom is -0.464 e.